The number of hydrogen-bond donors (Lipinski definition) is 2. The van der Waals surface area contributed by atoms with Gasteiger partial charge in [0.05, 0.1) is 23.8 Å². The number of nitro groups is 1. The lowest BCUT2D eigenvalue weighted by molar-refractivity contribution is -0.384. The van der Waals surface area contributed by atoms with Crippen molar-refractivity contribution in [2.24, 2.45) is 5.10 Å². The summed E-state index contributed by atoms with van der Waals surface area (Å²) in [7, 11) is 1.48. The monoisotopic (exact) mass is 377 g/mol. The van der Waals surface area contributed by atoms with Gasteiger partial charge in [0, 0.05) is 23.1 Å². The molecule has 0 atom stereocenters. The first-order chi connectivity index (χ1) is 13.6. The number of benzene rings is 2. The molecule has 4 aromatic rings. The molecule has 0 aliphatic heterocycles. The quantitative estimate of drug-likeness (QED) is 0.310. The molecule has 0 unspecified atom stereocenters. The second-order valence-corrected chi connectivity index (χ2v) is 6.01. The molecule has 10 nitrogen and oxygen atoms in total. The Balaban J connectivity index is 1.62. The van der Waals surface area contributed by atoms with Crippen LogP contribution >= 0.6 is 0 Å². The second kappa shape index (κ2) is 6.91. The maximum absolute atomic E-state index is 10.9. The average molecular weight is 377 g/mol. The molecule has 28 heavy (non-hydrogen) atoms. The van der Waals surface area contributed by atoms with Gasteiger partial charge in [-0.1, -0.05) is 18.2 Å². The minimum Gasteiger partial charge on any atom is -0.496 e. The van der Waals surface area contributed by atoms with Crippen LogP contribution in [0.1, 0.15) is 11.1 Å². The van der Waals surface area contributed by atoms with E-state index in [0.717, 1.165) is 16.5 Å². The molecular formula is C18H15N7O3. The predicted octanol–water partition coefficient (Wildman–Crippen LogP) is 3.18. The summed E-state index contributed by atoms with van der Waals surface area (Å²) in [5.41, 5.74) is 6.38. The lowest BCUT2D eigenvalue weighted by atomic mass is 10.1. The maximum Gasteiger partial charge on any atom is 0.270 e. The number of aromatic amines is 1. The number of anilines is 1. The molecule has 0 aliphatic rings. The van der Waals surface area contributed by atoms with Crippen molar-refractivity contribution in [3.8, 4) is 5.75 Å². The molecule has 0 saturated carbocycles. The Morgan fingerprint density at radius 1 is 1.29 bits per heavy atom. The number of para-hydroxylation sites is 1. The molecule has 0 saturated heterocycles. The van der Waals surface area contributed by atoms with Crippen LogP contribution in [0, 0.1) is 17.0 Å². The standard InChI is InChI=1S/C18H15N7O3/c1-10-4-3-5-13-15(10)20-17-16(13)22-24-18(21-17)23-19-9-11-8-12(25(26)27)6-7-14(11)28-2/h3-9H,1-2H3,(H2,20,21,23,24). The molecule has 0 bridgehead atoms. The molecule has 0 radical (unpaired) electrons. The molecular weight excluding hydrogens is 362 g/mol. The number of hydrazone groups is 1. The number of H-pyrrole nitrogens is 1. The fraction of sp³-hybridized carbons (Fsp3) is 0.111. The number of rotatable bonds is 5. The van der Waals surface area contributed by atoms with Crippen molar-refractivity contribution in [2.45, 2.75) is 6.92 Å². The molecule has 0 fully saturated rings. The van der Waals surface area contributed by atoms with Gasteiger partial charge in [-0.15, -0.1) is 10.2 Å². The van der Waals surface area contributed by atoms with Gasteiger partial charge >= 0.3 is 0 Å². The van der Waals surface area contributed by atoms with Crippen LogP contribution < -0.4 is 10.2 Å². The third-order valence-electron chi connectivity index (χ3n) is 4.25. The molecule has 10 heteroatoms. The van der Waals surface area contributed by atoms with E-state index < -0.39 is 4.92 Å². The predicted molar refractivity (Wildman–Crippen MR) is 105 cm³/mol. The number of ether oxygens (including phenoxy) is 1. The first-order valence-electron chi connectivity index (χ1n) is 8.30. The number of nitrogens with one attached hydrogen (secondary N) is 2. The third-order valence-corrected chi connectivity index (χ3v) is 4.25. The number of methoxy groups -OCH3 is 1. The van der Waals surface area contributed by atoms with Crippen molar-refractivity contribution in [1.82, 2.24) is 20.2 Å². The molecule has 2 N–H and O–H groups in total. The zero-order chi connectivity index (χ0) is 19.7. The van der Waals surface area contributed by atoms with Gasteiger partial charge in [-0.3, -0.25) is 10.1 Å². The van der Waals surface area contributed by atoms with E-state index in [9.17, 15) is 10.1 Å². The normalized spacial score (nSPS) is 11.4. The summed E-state index contributed by atoms with van der Waals surface area (Å²) in [5.74, 6) is 0.647. The van der Waals surface area contributed by atoms with Crippen molar-refractivity contribution < 1.29 is 9.66 Å². The van der Waals surface area contributed by atoms with E-state index in [0.29, 0.717) is 22.5 Å². The summed E-state index contributed by atoms with van der Waals surface area (Å²) in [4.78, 5) is 18.1. The molecule has 0 amide bonds. The summed E-state index contributed by atoms with van der Waals surface area (Å²) >= 11 is 0. The lowest BCUT2D eigenvalue weighted by Crippen LogP contribution is -2.00. The number of aryl methyl sites for hydroxylation is 1. The van der Waals surface area contributed by atoms with Gasteiger partial charge in [0.15, 0.2) is 5.65 Å². The Morgan fingerprint density at radius 3 is 2.93 bits per heavy atom. The number of fused-ring (bicyclic) bond motifs is 3. The number of hydrogen-bond acceptors (Lipinski definition) is 8. The molecule has 0 aliphatic carbocycles. The van der Waals surface area contributed by atoms with Crippen LogP contribution in [0.15, 0.2) is 41.5 Å². The van der Waals surface area contributed by atoms with Gasteiger partial charge in [0.25, 0.3) is 11.6 Å². The van der Waals surface area contributed by atoms with E-state index in [1.807, 2.05) is 25.1 Å². The Labute approximate surface area is 158 Å². The summed E-state index contributed by atoms with van der Waals surface area (Å²) < 4.78 is 5.20. The Kier molecular flexibility index (Phi) is 4.28. The van der Waals surface area contributed by atoms with Gasteiger partial charge < -0.3 is 9.72 Å². The smallest absolute Gasteiger partial charge is 0.270 e. The summed E-state index contributed by atoms with van der Waals surface area (Å²) in [6.45, 7) is 2.00. The summed E-state index contributed by atoms with van der Waals surface area (Å²) in [5, 5.41) is 24.2. The van der Waals surface area contributed by atoms with Crippen LogP contribution in [0.5, 0.6) is 5.75 Å². The molecule has 2 heterocycles. The summed E-state index contributed by atoms with van der Waals surface area (Å²) in [6.07, 6.45) is 1.40. The number of nitrogens with zero attached hydrogens (tertiary/aromatic N) is 5. The topological polar surface area (TPSA) is 131 Å². The average Bonchev–Trinajstić information content (AvgIpc) is 3.07. The zero-order valence-electron chi connectivity index (χ0n) is 15.0. The van der Waals surface area contributed by atoms with Gasteiger partial charge in [-0.25, -0.2) is 5.43 Å². The SMILES string of the molecule is COc1ccc([N+](=O)[O-])cc1C=NNc1nnc2c(n1)[nH]c1c(C)cccc12. The van der Waals surface area contributed by atoms with E-state index in [2.05, 4.69) is 30.7 Å². The van der Waals surface area contributed by atoms with E-state index >= 15 is 0 Å². The molecule has 2 aromatic carbocycles. The van der Waals surface area contributed by atoms with Crippen LogP contribution in [-0.2, 0) is 0 Å². The maximum atomic E-state index is 10.9. The number of aromatic nitrogens is 4. The van der Waals surface area contributed by atoms with E-state index in [1.54, 1.807) is 0 Å². The molecule has 2 aromatic heterocycles. The molecule has 0 spiro atoms. The largest absolute Gasteiger partial charge is 0.496 e. The molecule has 140 valence electrons. The summed E-state index contributed by atoms with van der Waals surface area (Å²) in [6, 6.07) is 10.2. The Hall–Kier alpha value is -4.08. The van der Waals surface area contributed by atoms with Crippen molar-refractivity contribution in [3.05, 3.63) is 57.6 Å². The minimum absolute atomic E-state index is 0.0602. The van der Waals surface area contributed by atoms with Crippen molar-refractivity contribution in [2.75, 3.05) is 12.5 Å². The highest BCUT2D eigenvalue weighted by Crippen LogP contribution is 2.25. The number of non-ortho nitro benzene ring substituents is 1. The van der Waals surface area contributed by atoms with Crippen LogP contribution in [0.25, 0.3) is 22.1 Å². The fourth-order valence-corrected chi connectivity index (χ4v) is 2.89. The van der Waals surface area contributed by atoms with E-state index in [4.69, 9.17) is 4.74 Å². The zero-order valence-corrected chi connectivity index (χ0v) is 15.0. The lowest BCUT2D eigenvalue weighted by Gasteiger charge is -2.03. The van der Waals surface area contributed by atoms with Gasteiger partial charge in [0.1, 0.15) is 11.3 Å². The Morgan fingerprint density at radius 2 is 2.14 bits per heavy atom. The van der Waals surface area contributed by atoms with Crippen molar-refractivity contribution in [3.63, 3.8) is 0 Å². The Bertz CT molecular complexity index is 1230. The van der Waals surface area contributed by atoms with Gasteiger partial charge in [-0.05, 0) is 18.6 Å². The van der Waals surface area contributed by atoms with Crippen molar-refractivity contribution >= 4 is 39.9 Å². The van der Waals surface area contributed by atoms with Gasteiger partial charge in [0.2, 0.25) is 0 Å². The first kappa shape index (κ1) is 17.3. The van der Waals surface area contributed by atoms with Crippen LogP contribution in [-0.4, -0.2) is 38.4 Å². The van der Waals surface area contributed by atoms with E-state index in [-0.39, 0.29) is 11.6 Å². The fourth-order valence-electron chi connectivity index (χ4n) is 2.89. The minimum atomic E-state index is -0.483. The third kappa shape index (κ3) is 3.07. The highest BCUT2D eigenvalue weighted by molar-refractivity contribution is 6.04. The highest BCUT2D eigenvalue weighted by atomic mass is 16.6. The number of nitro benzene ring substituents is 1. The van der Waals surface area contributed by atoms with Crippen LogP contribution in [0.3, 0.4) is 0 Å². The highest BCUT2D eigenvalue weighted by Gasteiger charge is 2.11. The van der Waals surface area contributed by atoms with E-state index in [1.165, 1.54) is 31.5 Å². The van der Waals surface area contributed by atoms with Crippen molar-refractivity contribution in [1.29, 1.82) is 0 Å². The second-order valence-electron chi connectivity index (χ2n) is 6.01. The van der Waals surface area contributed by atoms with Crippen LogP contribution in [0.4, 0.5) is 11.6 Å². The van der Waals surface area contributed by atoms with Crippen LogP contribution in [0.2, 0.25) is 0 Å². The molecule has 4 rings (SSSR count). The first-order valence-corrected chi connectivity index (χ1v) is 8.30. The van der Waals surface area contributed by atoms with Gasteiger partial charge in [-0.2, -0.15) is 10.1 Å².